The second kappa shape index (κ2) is 8.31. The van der Waals surface area contributed by atoms with Crippen LogP contribution in [0.3, 0.4) is 0 Å². The number of carboxylic acid groups (broad SMARTS) is 1. The minimum Gasteiger partial charge on any atom is -0.450 e. The van der Waals surface area contributed by atoms with Gasteiger partial charge in [-0.2, -0.15) is 0 Å². The zero-order chi connectivity index (χ0) is 10.9. The molecule has 13 heavy (non-hydrogen) atoms. The smallest absolute Gasteiger partial charge is 0.450 e. The molecule has 0 radical (unpaired) electrons. The molecule has 0 saturated heterocycles. The highest BCUT2D eigenvalue weighted by Gasteiger charge is 2.15. The topological polar surface area (TPSA) is 46.5 Å². The highest BCUT2D eigenvalue weighted by molar-refractivity contribution is 7.18. The predicted molar refractivity (Wildman–Crippen MR) is 58.3 cm³/mol. The van der Waals surface area contributed by atoms with Crippen molar-refractivity contribution in [1.29, 1.82) is 0 Å². The summed E-state index contributed by atoms with van der Waals surface area (Å²) in [5, 5.41) is 8.04. The summed E-state index contributed by atoms with van der Waals surface area (Å²) in [6.45, 7) is 6.75. The van der Waals surface area contributed by atoms with Gasteiger partial charge in [0.25, 0.3) is 0 Å². The number of methoxy groups -OCH3 is 1. The monoisotopic (exact) mass is 208 g/mol. The SMILES string of the molecule is CCC(P)(CC)CC.COC(=O)O. The summed E-state index contributed by atoms with van der Waals surface area (Å²) in [5.74, 6) is 0. The van der Waals surface area contributed by atoms with Gasteiger partial charge in [-0.15, -0.1) is 9.24 Å². The molecule has 4 heteroatoms. The summed E-state index contributed by atoms with van der Waals surface area (Å²) >= 11 is 0. The van der Waals surface area contributed by atoms with Gasteiger partial charge in [-0.25, -0.2) is 4.79 Å². The van der Waals surface area contributed by atoms with Crippen molar-refractivity contribution in [1.82, 2.24) is 0 Å². The molecule has 0 saturated carbocycles. The zero-order valence-corrected chi connectivity index (χ0v) is 10.1. The Kier molecular flexibility index (Phi) is 9.70. The number of hydrogen-bond donors (Lipinski definition) is 1. The van der Waals surface area contributed by atoms with E-state index in [1.165, 1.54) is 19.3 Å². The van der Waals surface area contributed by atoms with Crippen molar-refractivity contribution in [2.45, 2.75) is 45.2 Å². The van der Waals surface area contributed by atoms with Crippen LogP contribution < -0.4 is 0 Å². The molecule has 0 aliphatic carbocycles. The van der Waals surface area contributed by atoms with Crippen LogP contribution in [0.25, 0.3) is 0 Å². The lowest BCUT2D eigenvalue weighted by atomic mass is 9.99. The van der Waals surface area contributed by atoms with E-state index in [-0.39, 0.29) is 0 Å². The van der Waals surface area contributed by atoms with Crippen LogP contribution in [0, 0.1) is 0 Å². The van der Waals surface area contributed by atoms with Gasteiger partial charge in [0.15, 0.2) is 0 Å². The summed E-state index contributed by atoms with van der Waals surface area (Å²) in [5.41, 5.74) is 0. The van der Waals surface area contributed by atoms with Crippen LogP contribution in [0.4, 0.5) is 4.79 Å². The zero-order valence-electron chi connectivity index (χ0n) is 8.96. The van der Waals surface area contributed by atoms with Gasteiger partial charge in [-0.3, -0.25) is 0 Å². The first-order chi connectivity index (χ1) is 5.95. The molecule has 0 bridgehead atoms. The second-order valence-electron chi connectivity index (χ2n) is 2.89. The third-order valence-corrected chi connectivity index (χ3v) is 3.51. The summed E-state index contributed by atoms with van der Waals surface area (Å²) < 4.78 is 3.67. The lowest BCUT2D eigenvalue weighted by molar-refractivity contribution is 0.114. The first-order valence-corrected chi connectivity index (χ1v) is 5.09. The van der Waals surface area contributed by atoms with Crippen LogP contribution in [0.2, 0.25) is 0 Å². The quantitative estimate of drug-likeness (QED) is 0.572. The van der Waals surface area contributed by atoms with E-state index in [0.29, 0.717) is 5.16 Å². The summed E-state index contributed by atoms with van der Waals surface area (Å²) in [7, 11) is 4.04. The maximum atomic E-state index is 9.15. The molecule has 0 aromatic heterocycles. The molecule has 0 amide bonds. The molecule has 0 aliphatic rings. The van der Waals surface area contributed by atoms with Crippen LogP contribution in [0.15, 0.2) is 0 Å². The van der Waals surface area contributed by atoms with Gasteiger partial charge in [0.2, 0.25) is 0 Å². The molecule has 1 N–H and O–H groups in total. The number of carbonyl (C=O) groups is 1. The fraction of sp³-hybridized carbons (Fsp3) is 0.889. The highest BCUT2D eigenvalue weighted by Crippen LogP contribution is 2.29. The van der Waals surface area contributed by atoms with Crippen LogP contribution >= 0.6 is 9.24 Å². The van der Waals surface area contributed by atoms with Crippen LogP contribution in [-0.4, -0.2) is 23.5 Å². The summed E-state index contributed by atoms with van der Waals surface area (Å²) in [6.07, 6.45) is 2.60. The average molecular weight is 208 g/mol. The van der Waals surface area contributed by atoms with E-state index in [4.69, 9.17) is 9.90 Å². The minimum absolute atomic E-state index is 0.542. The van der Waals surface area contributed by atoms with Gasteiger partial charge in [0.05, 0.1) is 7.11 Å². The van der Waals surface area contributed by atoms with Crippen molar-refractivity contribution in [2.24, 2.45) is 0 Å². The fourth-order valence-electron chi connectivity index (χ4n) is 0.750. The van der Waals surface area contributed by atoms with Crippen LogP contribution in [0.5, 0.6) is 0 Å². The highest BCUT2D eigenvalue weighted by atomic mass is 31.0. The van der Waals surface area contributed by atoms with Crippen molar-refractivity contribution in [3.05, 3.63) is 0 Å². The molecule has 0 aromatic rings. The minimum atomic E-state index is -1.25. The largest absolute Gasteiger partial charge is 0.505 e. The Labute approximate surface area is 83.1 Å². The second-order valence-corrected chi connectivity index (χ2v) is 4.12. The van der Waals surface area contributed by atoms with Crippen LogP contribution in [0.1, 0.15) is 40.0 Å². The third-order valence-electron chi connectivity index (χ3n) is 2.29. The summed E-state index contributed by atoms with van der Waals surface area (Å²) in [6, 6.07) is 0. The lowest BCUT2D eigenvalue weighted by Gasteiger charge is -2.23. The molecule has 80 valence electrons. The molecule has 0 aliphatic heterocycles. The van der Waals surface area contributed by atoms with E-state index in [1.807, 2.05) is 0 Å². The molecular weight excluding hydrogens is 187 g/mol. The van der Waals surface area contributed by atoms with Crippen molar-refractivity contribution < 1.29 is 14.6 Å². The average Bonchev–Trinajstić information content (AvgIpc) is 2.17. The number of hydrogen-bond acceptors (Lipinski definition) is 2. The third kappa shape index (κ3) is 9.62. The van der Waals surface area contributed by atoms with E-state index < -0.39 is 6.16 Å². The normalized spacial score (nSPS) is 9.92. The molecule has 1 unspecified atom stereocenters. The van der Waals surface area contributed by atoms with Crippen molar-refractivity contribution >= 4 is 15.4 Å². The first kappa shape index (κ1) is 15.2. The Bertz CT molecular complexity index is 125. The Hall–Kier alpha value is -0.300. The molecule has 0 heterocycles. The van der Waals surface area contributed by atoms with Crippen LogP contribution in [-0.2, 0) is 4.74 Å². The standard InChI is InChI=1S/C7H17P.C2H4O3/c1-4-7(8,5-2)6-3;1-5-2(3)4/h4-6,8H2,1-3H3;1H3,(H,3,4). The van der Waals surface area contributed by atoms with E-state index in [0.717, 1.165) is 7.11 Å². The summed E-state index contributed by atoms with van der Waals surface area (Å²) in [4.78, 5) is 9.15. The van der Waals surface area contributed by atoms with Gasteiger partial charge in [0, 0.05) is 0 Å². The molecule has 3 nitrogen and oxygen atoms in total. The Balaban J connectivity index is 0. The van der Waals surface area contributed by atoms with E-state index in [9.17, 15) is 0 Å². The van der Waals surface area contributed by atoms with Gasteiger partial charge in [-0.1, -0.05) is 20.8 Å². The van der Waals surface area contributed by atoms with Gasteiger partial charge < -0.3 is 9.84 Å². The molecule has 0 spiro atoms. The molecule has 1 atom stereocenters. The Morgan fingerprint density at radius 2 is 1.54 bits per heavy atom. The van der Waals surface area contributed by atoms with Crippen molar-refractivity contribution in [3.8, 4) is 0 Å². The molecular formula is C9H21O3P. The fourth-order valence-corrected chi connectivity index (χ4v) is 0.750. The predicted octanol–water partition coefficient (Wildman–Crippen LogP) is 3.14. The van der Waals surface area contributed by atoms with E-state index in [2.05, 4.69) is 34.7 Å². The van der Waals surface area contributed by atoms with E-state index >= 15 is 0 Å². The van der Waals surface area contributed by atoms with Gasteiger partial charge in [-0.05, 0) is 24.4 Å². The Morgan fingerprint density at radius 3 is 1.54 bits per heavy atom. The molecule has 0 aromatic carbocycles. The number of ether oxygens (including phenoxy) is 1. The van der Waals surface area contributed by atoms with Crippen molar-refractivity contribution in [3.63, 3.8) is 0 Å². The van der Waals surface area contributed by atoms with Crippen molar-refractivity contribution in [2.75, 3.05) is 7.11 Å². The van der Waals surface area contributed by atoms with Gasteiger partial charge in [0.1, 0.15) is 0 Å². The molecule has 0 fully saturated rings. The number of rotatable bonds is 3. The molecule has 0 rings (SSSR count). The van der Waals surface area contributed by atoms with Gasteiger partial charge >= 0.3 is 6.16 Å². The van der Waals surface area contributed by atoms with E-state index in [1.54, 1.807) is 0 Å². The maximum absolute atomic E-state index is 9.15. The first-order valence-electron chi connectivity index (χ1n) is 4.51. The lowest BCUT2D eigenvalue weighted by Crippen LogP contribution is -2.15. The maximum Gasteiger partial charge on any atom is 0.505 e. The Morgan fingerprint density at radius 1 is 1.31 bits per heavy atom.